The van der Waals surface area contributed by atoms with Crippen LogP contribution in [0.1, 0.15) is 25.3 Å². The zero-order valence-electron chi connectivity index (χ0n) is 11.5. The molecule has 0 aromatic heterocycles. The highest BCUT2D eigenvalue weighted by Gasteiger charge is 2.32. The number of carbonyl (C=O) groups is 1. The van der Waals surface area contributed by atoms with E-state index >= 15 is 0 Å². The second-order valence-corrected chi connectivity index (χ2v) is 5.16. The highest BCUT2D eigenvalue weighted by Crippen LogP contribution is 2.32. The van der Waals surface area contributed by atoms with Crippen LogP contribution >= 0.6 is 11.6 Å². The van der Waals surface area contributed by atoms with Crippen molar-refractivity contribution < 1.29 is 22.7 Å². The van der Waals surface area contributed by atoms with E-state index in [9.17, 15) is 18.0 Å². The fourth-order valence-electron chi connectivity index (χ4n) is 1.68. The Morgan fingerprint density at radius 2 is 2.05 bits per heavy atom. The summed E-state index contributed by atoms with van der Waals surface area (Å²) < 4.78 is 40.7. The summed E-state index contributed by atoms with van der Waals surface area (Å²) in [5.74, 6) is -1.99. The van der Waals surface area contributed by atoms with Crippen molar-refractivity contribution >= 4 is 17.5 Å². The molecule has 1 amide bonds. The number of nitrogens with one attached hydrogen (secondary N) is 1. The van der Waals surface area contributed by atoms with Crippen LogP contribution in [0.5, 0.6) is 5.75 Å². The molecule has 118 valence electrons. The number of hydrogen-bond donors (Lipinski definition) is 2. The number of ether oxygens (including phenoxy) is 1. The van der Waals surface area contributed by atoms with Crippen molar-refractivity contribution in [2.24, 2.45) is 5.73 Å². The SMILES string of the molecule is CC(C)NC[C@@H](C(N)=O)c1ccc(Cl)c(OC(F)(F)F)c1. The Hall–Kier alpha value is -1.47. The minimum atomic E-state index is -4.86. The predicted octanol–water partition coefficient (Wildman–Crippen LogP) is 2.81. The molecule has 0 heterocycles. The molecule has 0 aliphatic rings. The molecule has 0 unspecified atom stereocenters. The zero-order valence-corrected chi connectivity index (χ0v) is 12.3. The van der Waals surface area contributed by atoms with Crippen LogP contribution in [0, 0.1) is 0 Å². The Labute approximate surface area is 125 Å². The highest BCUT2D eigenvalue weighted by molar-refractivity contribution is 6.32. The van der Waals surface area contributed by atoms with Crippen LogP contribution < -0.4 is 15.8 Å². The van der Waals surface area contributed by atoms with Gasteiger partial charge in [0.05, 0.1) is 10.9 Å². The molecular weight excluding hydrogens is 309 g/mol. The van der Waals surface area contributed by atoms with E-state index in [1.54, 1.807) is 0 Å². The number of benzene rings is 1. The van der Waals surface area contributed by atoms with Gasteiger partial charge in [-0.3, -0.25) is 4.79 Å². The van der Waals surface area contributed by atoms with Gasteiger partial charge >= 0.3 is 6.36 Å². The van der Waals surface area contributed by atoms with Crippen molar-refractivity contribution in [1.29, 1.82) is 0 Å². The summed E-state index contributed by atoms with van der Waals surface area (Å²) in [7, 11) is 0. The first-order valence-corrected chi connectivity index (χ1v) is 6.56. The molecule has 1 aromatic carbocycles. The Balaban J connectivity index is 3.04. The van der Waals surface area contributed by atoms with Gasteiger partial charge < -0.3 is 15.8 Å². The molecule has 0 fully saturated rings. The minimum Gasteiger partial charge on any atom is -0.404 e. The molecule has 0 saturated carbocycles. The van der Waals surface area contributed by atoms with Crippen LogP contribution in [0.3, 0.4) is 0 Å². The molecular formula is C13H16ClF3N2O2. The van der Waals surface area contributed by atoms with Crippen LogP contribution in [0.2, 0.25) is 5.02 Å². The molecule has 4 nitrogen and oxygen atoms in total. The largest absolute Gasteiger partial charge is 0.573 e. The van der Waals surface area contributed by atoms with Crippen LogP contribution in [0.15, 0.2) is 18.2 Å². The summed E-state index contributed by atoms with van der Waals surface area (Å²) in [6.45, 7) is 3.95. The molecule has 0 saturated heterocycles. The van der Waals surface area contributed by atoms with E-state index in [0.717, 1.165) is 6.07 Å². The van der Waals surface area contributed by atoms with Crippen molar-refractivity contribution in [3.63, 3.8) is 0 Å². The quantitative estimate of drug-likeness (QED) is 0.845. The minimum absolute atomic E-state index is 0.102. The summed E-state index contributed by atoms with van der Waals surface area (Å²) >= 11 is 5.66. The molecule has 1 atom stereocenters. The maximum Gasteiger partial charge on any atom is 0.573 e. The number of rotatable bonds is 6. The molecule has 0 aliphatic carbocycles. The highest BCUT2D eigenvalue weighted by atomic mass is 35.5. The van der Waals surface area contributed by atoms with E-state index < -0.39 is 23.9 Å². The van der Waals surface area contributed by atoms with Crippen molar-refractivity contribution in [2.75, 3.05) is 6.54 Å². The van der Waals surface area contributed by atoms with Gasteiger partial charge in [-0.05, 0) is 17.7 Å². The first-order chi connectivity index (χ1) is 9.60. The molecule has 21 heavy (non-hydrogen) atoms. The third kappa shape index (κ3) is 5.81. The van der Waals surface area contributed by atoms with E-state index in [4.69, 9.17) is 17.3 Å². The number of halogens is 4. The monoisotopic (exact) mass is 324 g/mol. The number of amides is 1. The van der Waals surface area contributed by atoms with Gasteiger partial charge in [-0.15, -0.1) is 13.2 Å². The summed E-state index contributed by atoms with van der Waals surface area (Å²) in [4.78, 5) is 11.5. The van der Waals surface area contributed by atoms with Gasteiger partial charge in [-0.2, -0.15) is 0 Å². The van der Waals surface area contributed by atoms with Gasteiger partial charge in [0.25, 0.3) is 0 Å². The second-order valence-electron chi connectivity index (χ2n) is 4.76. The first kappa shape index (κ1) is 17.6. The standard InChI is InChI=1S/C13H16ClF3N2O2/c1-7(2)19-6-9(12(18)20)8-3-4-10(14)11(5-8)21-13(15,16)17/h3-5,7,9,19H,6H2,1-2H3,(H2,18,20)/t9-/m1/s1. The number of hydrogen-bond acceptors (Lipinski definition) is 3. The van der Waals surface area contributed by atoms with E-state index in [1.807, 2.05) is 13.8 Å². The molecule has 1 rings (SSSR count). The molecule has 0 spiro atoms. The Morgan fingerprint density at radius 3 is 2.52 bits per heavy atom. The van der Waals surface area contributed by atoms with Gasteiger partial charge in [-0.1, -0.05) is 31.5 Å². The van der Waals surface area contributed by atoms with Gasteiger partial charge in [0, 0.05) is 12.6 Å². The van der Waals surface area contributed by atoms with Crippen LogP contribution in [-0.2, 0) is 4.79 Å². The van der Waals surface area contributed by atoms with Gasteiger partial charge in [0.15, 0.2) is 0 Å². The summed E-state index contributed by atoms with van der Waals surface area (Å²) in [6.07, 6.45) is -4.86. The Bertz CT molecular complexity index is 507. The lowest BCUT2D eigenvalue weighted by Crippen LogP contribution is -2.34. The zero-order chi connectivity index (χ0) is 16.2. The van der Waals surface area contributed by atoms with Gasteiger partial charge in [-0.25, -0.2) is 0 Å². The first-order valence-electron chi connectivity index (χ1n) is 6.18. The normalized spacial score (nSPS) is 13.3. The third-order valence-corrected chi connectivity index (χ3v) is 2.97. The lowest BCUT2D eigenvalue weighted by molar-refractivity contribution is -0.274. The van der Waals surface area contributed by atoms with E-state index in [1.165, 1.54) is 12.1 Å². The smallest absolute Gasteiger partial charge is 0.404 e. The maximum absolute atomic E-state index is 12.3. The second kappa shape index (κ2) is 7.00. The number of nitrogens with two attached hydrogens (primary N) is 1. The number of primary amides is 1. The van der Waals surface area contributed by atoms with E-state index in [-0.39, 0.29) is 17.6 Å². The lowest BCUT2D eigenvalue weighted by atomic mass is 9.98. The topological polar surface area (TPSA) is 64.3 Å². The van der Waals surface area contributed by atoms with Gasteiger partial charge in [0.1, 0.15) is 5.75 Å². The number of alkyl halides is 3. The van der Waals surface area contributed by atoms with Crippen molar-refractivity contribution in [3.05, 3.63) is 28.8 Å². The van der Waals surface area contributed by atoms with E-state index in [0.29, 0.717) is 5.56 Å². The summed E-state index contributed by atoms with van der Waals surface area (Å²) in [5.41, 5.74) is 5.60. The summed E-state index contributed by atoms with van der Waals surface area (Å²) in [5, 5.41) is 2.81. The van der Waals surface area contributed by atoms with Gasteiger partial charge in [0.2, 0.25) is 5.91 Å². The molecule has 0 bridgehead atoms. The molecule has 1 aromatic rings. The average Bonchev–Trinajstić information content (AvgIpc) is 2.30. The predicted molar refractivity (Wildman–Crippen MR) is 73.2 cm³/mol. The van der Waals surface area contributed by atoms with E-state index in [2.05, 4.69) is 10.1 Å². The molecule has 0 aliphatic heterocycles. The van der Waals surface area contributed by atoms with Crippen LogP contribution in [0.4, 0.5) is 13.2 Å². The fourth-order valence-corrected chi connectivity index (χ4v) is 1.83. The van der Waals surface area contributed by atoms with Crippen molar-refractivity contribution in [3.8, 4) is 5.75 Å². The average molecular weight is 325 g/mol. The fraction of sp³-hybridized carbons (Fsp3) is 0.462. The summed E-state index contributed by atoms with van der Waals surface area (Å²) in [6, 6.07) is 3.87. The van der Waals surface area contributed by atoms with Crippen molar-refractivity contribution in [2.45, 2.75) is 32.2 Å². The maximum atomic E-state index is 12.3. The Morgan fingerprint density at radius 1 is 1.43 bits per heavy atom. The Kier molecular flexibility index (Phi) is 5.86. The van der Waals surface area contributed by atoms with Crippen LogP contribution in [-0.4, -0.2) is 24.9 Å². The molecule has 3 N–H and O–H groups in total. The molecule has 8 heteroatoms. The lowest BCUT2D eigenvalue weighted by Gasteiger charge is -2.18. The third-order valence-electron chi connectivity index (χ3n) is 2.66. The van der Waals surface area contributed by atoms with Crippen molar-refractivity contribution in [1.82, 2.24) is 5.32 Å². The molecule has 0 radical (unpaired) electrons. The number of carbonyl (C=O) groups excluding carboxylic acids is 1. The van der Waals surface area contributed by atoms with Crippen LogP contribution in [0.25, 0.3) is 0 Å².